The van der Waals surface area contributed by atoms with E-state index in [9.17, 15) is 0 Å². The molecule has 1 aromatic carbocycles. The van der Waals surface area contributed by atoms with E-state index in [1.807, 2.05) is 25.1 Å². The number of hydrogen-bond donors (Lipinski definition) is 1. The molecule has 0 radical (unpaired) electrons. The maximum atomic E-state index is 5.58. The van der Waals surface area contributed by atoms with Crippen LogP contribution in [-0.4, -0.2) is 35.4 Å². The minimum Gasteiger partial charge on any atom is -0.493 e. The monoisotopic (exact) mass is 422 g/mol. The van der Waals surface area contributed by atoms with Gasteiger partial charge in [0, 0.05) is 23.2 Å². The number of nitrogens with one attached hydrogen (secondary N) is 1. The molecule has 0 atom stereocenters. The summed E-state index contributed by atoms with van der Waals surface area (Å²) >= 11 is 4.87. The van der Waals surface area contributed by atoms with Gasteiger partial charge in [0.05, 0.1) is 19.4 Å². The Kier molecular flexibility index (Phi) is 7.31. The quantitative estimate of drug-likeness (QED) is 0.451. The van der Waals surface area contributed by atoms with E-state index in [1.54, 1.807) is 41.5 Å². The Morgan fingerprint density at radius 3 is 2.85 bits per heavy atom. The van der Waals surface area contributed by atoms with E-state index in [2.05, 4.69) is 27.8 Å². The van der Waals surface area contributed by atoms with Crippen molar-refractivity contribution in [3.8, 4) is 22.1 Å². The minimum atomic E-state index is 0.607. The third kappa shape index (κ3) is 5.33. The van der Waals surface area contributed by atoms with Gasteiger partial charge in [-0.2, -0.15) is 0 Å². The van der Waals surface area contributed by atoms with Gasteiger partial charge in [-0.25, -0.2) is 4.98 Å². The van der Waals surface area contributed by atoms with Crippen molar-refractivity contribution < 1.29 is 9.47 Å². The summed E-state index contributed by atoms with van der Waals surface area (Å²) < 4.78 is 12.0. The molecule has 2 aromatic heterocycles. The minimum absolute atomic E-state index is 0.607. The molecule has 1 N–H and O–H groups in total. The lowest BCUT2D eigenvalue weighted by Crippen LogP contribution is -1.98. The fraction of sp³-hybridized carbons (Fsp3) is 0.389. The second-order valence-electron chi connectivity index (χ2n) is 5.53. The van der Waals surface area contributed by atoms with Gasteiger partial charge in [-0.3, -0.25) is 0 Å². The molecule has 0 bridgehead atoms. The van der Waals surface area contributed by atoms with Crippen molar-refractivity contribution in [1.82, 2.24) is 15.2 Å². The molecule has 3 rings (SSSR count). The zero-order chi connectivity index (χ0) is 19.1. The van der Waals surface area contributed by atoms with E-state index >= 15 is 0 Å². The maximum absolute atomic E-state index is 5.58. The predicted octanol–water partition coefficient (Wildman–Crippen LogP) is 5.18. The summed E-state index contributed by atoms with van der Waals surface area (Å²) in [6, 6.07) is 5.91. The Bertz CT molecular complexity index is 866. The predicted molar refractivity (Wildman–Crippen MR) is 114 cm³/mol. The zero-order valence-electron chi connectivity index (χ0n) is 15.5. The molecule has 0 fully saturated rings. The van der Waals surface area contributed by atoms with Crippen LogP contribution in [0.5, 0.6) is 11.5 Å². The van der Waals surface area contributed by atoms with Crippen LogP contribution in [0.3, 0.4) is 0 Å². The van der Waals surface area contributed by atoms with Crippen LogP contribution in [0.1, 0.15) is 26.0 Å². The van der Waals surface area contributed by atoms with Crippen LogP contribution in [0.2, 0.25) is 0 Å². The second-order valence-corrected chi connectivity index (χ2v) is 8.59. The van der Waals surface area contributed by atoms with Crippen LogP contribution in [0.15, 0.2) is 27.9 Å². The molecule has 2 heterocycles. The van der Waals surface area contributed by atoms with E-state index in [-0.39, 0.29) is 0 Å². The van der Waals surface area contributed by atoms with Crippen molar-refractivity contribution in [2.24, 2.45) is 0 Å². The van der Waals surface area contributed by atoms with E-state index in [4.69, 9.17) is 14.5 Å². The number of thiazole rings is 1. The highest BCUT2D eigenvalue weighted by atomic mass is 32.2. The summed E-state index contributed by atoms with van der Waals surface area (Å²) in [5.74, 6) is 2.24. The van der Waals surface area contributed by atoms with Gasteiger partial charge in [0.2, 0.25) is 5.13 Å². The molecular weight excluding hydrogens is 400 g/mol. The SMILES string of the molecule is CCCNc1nnc(SCc2csc(-c3ccc(OCC)c(OC)c3)n2)s1. The first-order chi connectivity index (χ1) is 13.2. The van der Waals surface area contributed by atoms with Gasteiger partial charge in [0.25, 0.3) is 0 Å². The summed E-state index contributed by atoms with van der Waals surface area (Å²) in [5.41, 5.74) is 2.06. The van der Waals surface area contributed by atoms with Crippen LogP contribution >= 0.6 is 34.4 Å². The van der Waals surface area contributed by atoms with Crippen LogP contribution in [0, 0.1) is 0 Å². The Hall–Kier alpha value is -1.84. The topological polar surface area (TPSA) is 69.2 Å². The van der Waals surface area contributed by atoms with Gasteiger partial charge in [-0.15, -0.1) is 21.5 Å². The highest BCUT2D eigenvalue weighted by molar-refractivity contribution is 8.00. The van der Waals surface area contributed by atoms with Crippen molar-refractivity contribution in [2.75, 3.05) is 25.6 Å². The number of hydrogen-bond acceptors (Lipinski definition) is 9. The van der Waals surface area contributed by atoms with E-state index in [0.717, 1.165) is 56.0 Å². The number of anilines is 1. The van der Waals surface area contributed by atoms with Gasteiger partial charge in [-0.1, -0.05) is 30.0 Å². The van der Waals surface area contributed by atoms with E-state index in [0.29, 0.717) is 6.61 Å². The lowest BCUT2D eigenvalue weighted by molar-refractivity contribution is 0.311. The normalized spacial score (nSPS) is 10.8. The Balaban J connectivity index is 1.63. The lowest BCUT2D eigenvalue weighted by Gasteiger charge is -2.09. The van der Waals surface area contributed by atoms with Crippen molar-refractivity contribution in [3.63, 3.8) is 0 Å². The average molecular weight is 423 g/mol. The third-order valence-electron chi connectivity index (χ3n) is 3.54. The first kappa shape index (κ1) is 19.9. The van der Waals surface area contributed by atoms with Crippen LogP contribution in [-0.2, 0) is 5.75 Å². The van der Waals surface area contributed by atoms with Gasteiger partial charge in [-0.05, 0) is 31.5 Å². The molecule has 0 saturated heterocycles. The first-order valence-corrected chi connectivity index (χ1v) is 11.4. The standard InChI is InChI=1S/C18H22N4O2S3/c1-4-8-19-17-21-22-18(27-17)26-11-13-10-25-16(20-13)12-6-7-14(24-5-2)15(9-12)23-3/h6-7,9-10H,4-5,8,11H2,1-3H3,(H,19,21). The summed E-state index contributed by atoms with van der Waals surface area (Å²) in [6.45, 7) is 5.61. The van der Waals surface area contributed by atoms with Crippen molar-refractivity contribution in [1.29, 1.82) is 0 Å². The number of thioether (sulfide) groups is 1. The van der Waals surface area contributed by atoms with E-state index in [1.165, 1.54) is 0 Å². The summed E-state index contributed by atoms with van der Waals surface area (Å²) in [4.78, 5) is 4.75. The molecule has 0 aliphatic heterocycles. The number of ether oxygens (including phenoxy) is 2. The molecule has 6 nitrogen and oxygen atoms in total. The Morgan fingerprint density at radius 2 is 2.07 bits per heavy atom. The summed E-state index contributed by atoms with van der Waals surface area (Å²) in [6.07, 6.45) is 1.07. The Morgan fingerprint density at radius 1 is 1.19 bits per heavy atom. The molecule has 144 valence electrons. The molecular formula is C18H22N4O2S3. The maximum Gasteiger partial charge on any atom is 0.206 e. The molecule has 9 heteroatoms. The van der Waals surface area contributed by atoms with Crippen LogP contribution in [0.4, 0.5) is 5.13 Å². The number of methoxy groups -OCH3 is 1. The summed E-state index contributed by atoms with van der Waals surface area (Å²) in [7, 11) is 1.65. The number of rotatable bonds is 10. The molecule has 0 aliphatic carbocycles. The fourth-order valence-corrected chi connectivity index (χ4v) is 4.88. The van der Waals surface area contributed by atoms with E-state index < -0.39 is 0 Å². The molecule has 0 unspecified atom stereocenters. The highest BCUT2D eigenvalue weighted by Crippen LogP contribution is 2.35. The van der Waals surface area contributed by atoms with Gasteiger partial charge >= 0.3 is 0 Å². The van der Waals surface area contributed by atoms with Crippen LogP contribution in [0.25, 0.3) is 10.6 Å². The second kappa shape index (κ2) is 9.91. The number of nitrogens with zero attached hydrogens (tertiary/aromatic N) is 3. The third-order valence-corrected chi connectivity index (χ3v) is 6.53. The van der Waals surface area contributed by atoms with Crippen LogP contribution < -0.4 is 14.8 Å². The average Bonchev–Trinajstić information content (AvgIpc) is 3.34. The number of benzene rings is 1. The van der Waals surface area contributed by atoms with Gasteiger partial charge in [0.1, 0.15) is 5.01 Å². The van der Waals surface area contributed by atoms with Crippen molar-refractivity contribution >= 4 is 39.6 Å². The van der Waals surface area contributed by atoms with Crippen molar-refractivity contribution in [3.05, 3.63) is 29.3 Å². The Labute approximate surface area is 171 Å². The summed E-state index contributed by atoms with van der Waals surface area (Å²) in [5, 5.41) is 15.6. The number of aromatic nitrogens is 3. The zero-order valence-corrected chi connectivity index (χ0v) is 18.0. The van der Waals surface area contributed by atoms with Crippen molar-refractivity contribution in [2.45, 2.75) is 30.4 Å². The molecule has 3 aromatic rings. The largest absolute Gasteiger partial charge is 0.493 e. The highest BCUT2D eigenvalue weighted by Gasteiger charge is 2.11. The first-order valence-electron chi connectivity index (χ1n) is 8.69. The lowest BCUT2D eigenvalue weighted by atomic mass is 10.2. The van der Waals surface area contributed by atoms with Gasteiger partial charge < -0.3 is 14.8 Å². The molecule has 0 amide bonds. The smallest absolute Gasteiger partial charge is 0.206 e. The molecule has 0 aliphatic rings. The molecule has 0 saturated carbocycles. The molecule has 0 spiro atoms. The molecule has 27 heavy (non-hydrogen) atoms. The van der Waals surface area contributed by atoms with Gasteiger partial charge in [0.15, 0.2) is 15.8 Å². The fourth-order valence-electron chi connectivity index (χ4n) is 2.29.